The molecule has 284 valence electrons. The van der Waals surface area contributed by atoms with E-state index in [1.165, 1.54) is 80.8 Å². The summed E-state index contributed by atoms with van der Waals surface area (Å²) in [6, 6.07) is 44.5. The summed E-state index contributed by atoms with van der Waals surface area (Å²) in [7, 11) is 0. The molecule has 6 aliphatic carbocycles. The lowest BCUT2D eigenvalue weighted by Gasteiger charge is -2.59. The average Bonchev–Trinajstić information content (AvgIpc) is 3.63. The highest BCUT2D eigenvalue weighted by atomic mass is 32.2. The molecule has 0 amide bonds. The standard InChI is InChI=1S/C56H54S/c1-7-35-28-36-27-34(3)56(40(29-35)30-36)45-22-14-20-41-42-21-15-23-46-51(42)55(6)48(57-46)32-53(4,49-33(2)26-47(56)54(5,50(41)45)52(49)55)44-25-24-39(37-16-10-8-11-17-37)31-43(44)38-18-12-9-13-19-38/h8-26,31-36,40H,7,27-30H2,1-6H3. The van der Waals surface area contributed by atoms with Crippen molar-refractivity contribution in [1.82, 2.24) is 0 Å². The van der Waals surface area contributed by atoms with Gasteiger partial charge in [-0.25, -0.2) is 0 Å². The molecular weight excluding hydrogens is 705 g/mol. The molecular formula is C56H54S. The SMILES string of the molecule is CCC1CC2CC(C)C3(C4=CC(C)C5=C6C7(C)C(=CC5(C)c5ccc(-c8ccccc8)cc5-c5ccccc5)Sc5cccc(c57)-c5cccc3c5C46C)C(C1)C2. The lowest BCUT2D eigenvalue weighted by molar-refractivity contribution is 0.0317. The molecule has 12 rings (SSSR count). The van der Waals surface area contributed by atoms with Crippen LogP contribution in [-0.4, -0.2) is 0 Å². The van der Waals surface area contributed by atoms with Crippen LogP contribution in [0.3, 0.4) is 0 Å². The first-order valence-electron chi connectivity index (χ1n) is 22.1. The summed E-state index contributed by atoms with van der Waals surface area (Å²) in [5, 5.41) is 0. The molecule has 1 heterocycles. The minimum Gasteiger partial charge on any atom is -0.0932 e. The van der Waals surface area contributed by atoms with Gasteiger partial charge in [0.15, 0.2) is 0 Å². The second kappa shape index (κ2) is 11.7. The van der Waals surface area contributed by atoms with Crippen molar-refractivity contribution in [3.63, 3.8) is 0 Å². The van der Waals surface area contributed by atoms with Crippen LogP contribution in [0.15, 0.2) is 154 Å². The molecule has 2 fully saturated rings. The van der Waals surface area contributed by atoms with Gasteiger partial charge in [0.2, 0.25) is 0 Å². The van der Waals surface area contributed by atoms with Crippen LogP contribution >= 0.6 is 11.8 Å². The van der Waals surface area contributed by atoms with Crippen LogP contribution in [-0.2, 0) is 21.7 Å². The van der Waals surface area contributed by atoms with Crippen molar-refractivity contribution in [3.05, 3.63) is 171 Å². The number of allylic oxidation sites excluding steroid dienone is 6. The molecule has 0 radical (unpaired) electrons. The third kappa shape index (κ3) is 4.13. The summed E-state index contributed by atoms with van der Waals surface area (Å²) in [6.45, 7) is 15.7. The van der Waals surface area contributed by atoms with Gasteiger partial charge in [0.1, 0.15) is 0 Å². The second-order valence-electron chi connectivity index (χ2n) is 19.7. The Labute approximate surface area is 344 Å². The van der Waals surface area contributed by atoms with Gasteiger partial charge in [0.25, 0.3) is 0 Å². The summed E-state index contributed by atoms with van der Waals surface area (Å²) in [6.07, 6.45) is 12.5. The summed E-state index contributed by atoms with van der Waals surface area (Å²) in [4.78, 5) is 2.98. The number of rotatable bonds is 4. The van der Waals surface area contributed by atoms with Crippen molar-refractivity contribution in [1.29, 1.82) is 0 Å². The zero-order valence-electron chi connectivity index (χ0n) is 34.5. The predicted octanol–water partition coefficient (Wildman–Crippen LogP) is 14.8. The maximum absolute atomic E-state index is 2.88. The molecule has 0 N–H and O–H groups in total. The Morgan fingerprint density at radius 1 is 0.632 bits per heavy atom. The van der Waals surface area contributed by atoms with Gasteiger partial charge in [-0.05, 0) is 161 Å². The normalized spacial score (nSPS) is 34.8. The molecule has 1 aliphatic heterocycles. The quantitative estimate of drug-likeness (QED) is 0.165. The number of thioether (sulfide) groups is 1. The lowest BCUT2D eigenvalue weighted by atomic mass is 9.44. The van der Waals surface area contributed by atoms with Gasteiger partial charge in [0.05, 0.1) is 0 Å². The first-order chi connectivity index (χ1) is 27.6. The first kappa shape index (κ1) is 34.7. The molecule has 5 aromatic rings. The van der Waals surface area contributed by atoms with Crippen LogP contribution in [0.2, 0.25) is 0 Å². The van der Waals surface area contributed by atoms with Gasteiger partial charge in [-0.3, -0.25) is 0 Å². The largest absolute Gasteiger partial charge is 0.0932 e. The molecule has 0 nitrogen and oxygen atoms in total. The van der Waals surface area contributed by atoms with Crippen LogP contribution in [0.5, 0.6) is 0 Å². The monoisotopic (exact) mass is 758 g/mol. The fraction of sp³-hybridized carbons (Fsp3) is 0.357. The van der Waals surface area contributed by atoms with Crippen molar-refractivity contribution in [2.45, 2.75) is 100 Å². The summed E-state index contributed by atoms with van der Waals surface area (Å²) in [5.74, 6) is 3.32. The van der Waals surface area contributed by atoms with Gasteiger partial charge >= 0.3 is 0 Å². The maximum Gasteiger partial charge on any atom is 0.0475 e. The summed E-state index contributed by atoms with van der Waals surface area (Å²) >= 11 is 2.07. The van der Waals surface area contributed by atoms with E-state index in [1.54, 1.807) is 33.4 Å². The van der Waals surface area contributed by atoms with Crippen molar-refractivity contribution >= 4 is 11.8 Å². The van der Waals surface area contributed by atoms with E-state index in [9.17, 15) is 0 Å². The van der Waals surface area contributed by atoms with Crippen molar-refractivity contribution in [2.24, 2.45) is 29.6 Å². The molecule has 7 aliphatic rings. The zero-order chi connectivity index (χ0) is 38.6. The third-order valence-corrected chi connectivity index (χ3v) is 18.3. The Bertz CT molecular complexity index is 2640. The van der Waals surface area contributed by atoms with Crippen molar-refractivity contribution in [3.8, 4) is 33.4 Å². The zero-order valence-corrected chi connectivity index (χ0v) is 35.3. The van der Waals surface area contributed by atoms with E-state index >= 15 is 0 Å². The Morgan fingerprint density at radius 3 is 2.11 bits per heavy atom. The van der Waals surface area contributed by atoms with Gasteiger partial charge in [-0.2, -0.15) is 0 Å². The number of benzene rings is 5. The molecule has 5 aromatic carbocycles. The van der Waals surface area contributed by atoms with E-state index in [1.807, 2.05) is 0 Å². The van der Waals surface area contributed by atoms with Crippen LogP contribution in [0.25, 0.3) is 33.4 Å². The maximum atomic E-state index is 2.88. The number of hydrogen-bond acceptors (Lipinski definition) is 1. The molecule has 2 saturated carbocycles. The smallest absolute Gasteiger partial charge is 0.0475 e. The molecule has 9 atom stereocenters. The molecule has 0 saturated heterocycles. The van der Waals surface area contributed by atoms with Crippen LogP contribution in [0.4, 0.5) is 0 Å². The molecule has 0 aromatic heterocycles. The fourth-order valence-corrected chi connectivity index (χ4v) is 16.6. The van der Waals surface area contributed by atoms with E-state index in [0.29, 0.717) is 17.8 Å². The predicted molar refractivity (Wildman–Crippen MR) is 240 cm³/mol. The average molecular weight is 759 g/mol. The number of fused-ring (bicyclic) bond motifs is 6. The Hall–Kier alpha value is -4.33. The van der Waals surface area contributed by atoms with Crippen molar-refractivity contribution < 1.29 is 0 Å². The summed E-state index contributed by atoms with van der Waals surface area (Å²) in [5.41, 5.74) is 19.0. The molecule has 1 spiro atoms. The van der Waals surface area contributed by atoms with Gasteiger partial charge in [0, 0.05) is 31.5 Å². The molecule has 1 heteroatoms. The van der Waals surface area contributed by atoms with Gasteiger partial charge < -0.3 is 0 Å². The highest BCUT2D eigenvalue weighted by Crippen LogP contribution is 2.78. The van der Waals surface area contributed by atoms with E-state index in [2.05, 4.69) is 181 Å². The Balaban J connectivity index is 1.19. The Kier molecular flexibility index (Phi) is 7.09. The fourth-order valence-electron chi connectivity index (χ4n) is 15.1. The van der Waals surface area contributed by atoms with Crippen LogP contribution in [0.1, 0.15) is 95.9 Å². The van der Waals surface area contributed by atoms with E-state index in [0.717, 1.165) is 11.8 Å². The van der Waals surface area contributed by atoms with E-state index in [4.69, 9.17) is 0 Å². The third-order valence-electron chi connectivity index (χ3n) is 17.0. The minimum atomic E-state index is -0.319. The van der Waals surface area contributed by atoms with Crippen LogP contribution in [0, 0.1) is 29.6 Å². The van der Waals surface area contributed by atoms with Gasteiger partial charge in [-0.15, -0.1) is 0 Å². The van der Waals surface area contributed by atoms with Gasteiger partial charge in [-0.1, -0.05) is 154 Å². The lowest BCUT2D eigenvalue weighted by Crippen LogP contribution is -2.54. The number of hydrogen-bond donors (Lipinski definition) is 0. The minimum absolute atomic E-state index is 0.0682. The Morgan fingerprint density at radius 2 is 1.35 bits per heavy atom. The topological polar surface area (TPSA) is 0 Å². The summed E-state index contributed by atoms with van der Waals surface area (Å²) < 4.78 is 0. The second-order valence-corrected chi connectivity index (χ2v) is 20.8. The van der Waals surface area contributed by atoms with Crippen molar-refractivity contribution in [2.75, 3.05) is 0 Å². The van der Waals surface area contributed by atoms with E-state index in [-0.39, 0.29) is 21.7 Å². The molecule has 2 bridgehead atoms. The molecule has 57 heavy (non-hydrogen) atoms. The molecule has 9 unspecified atom stereocenters. The highest BCUT2D eigenvalue weighted by Gasteiger charge is 2.70. The van der Waals surface area contributed by atoms with E-state index < -0.39 is 0 Å². The highest BCUT2D eigenvalue weighted by molar-refractivity contribution is 8.03. The first-order valence-corrected chi connectivity index (χ1v) is 22.9. The van der Waals surface area contributed by atoms with Crippen LogP contribution < -0.4 is 0 Å².